The Labute approximate surface area is 118 Å². The topological polar surface area (TPSA) is 55.1 Å². The molecule has 1 heterocycles. The fourth-order valence-electron chi connectivity index (χ4n) is 1.67. The van der Waals surface area contributed by atoms with Gasteiger partial charge < -0.3 is 11.1 Å². The summed E-state index contributed by atoms with van der Waals surface area (Å²) in [5, 5.41) is 5.10. The second kappa shape index (κ2) is 7.81. The molecule has 0 radical (unpaired) electrons. The zero-order chi connectivity index (χ0) is 13.5. The molecule has 0 spiro atoms. The van der Waals surface area contributed by atoms with Crippen molar-refractivity contribution < 1.29 is 4.79 Å². The standard InChI is InChI=1S/C13H22N2OS2/c1-9(2)12(11-5-4-7-18-11)15-13(16)10(14)6-8-17-3/h4-5,7,9-10,12H,6,8,14H2,1-3H3,(H,15,16)/t10-,12?/m0/s1. The third-order valence-electron chi connectivity index (χ3n) is 2.78. The zero-order valence-electron chi connectivity index (χ0n) is 11.2. The molecule has 102 valence electrons. The van der Waals surface area contributed by atoms with E-state index in [0.717, 1.165) is 12.2 Å². The monoisotopic (exact) mass is 286 g/mol. The van der Waals surface area contributed by atoms with Gasteiger partial charge in [0.05, 0.1) is 12.1 Å². The van der Waals surface area contributed by atoms with Crippen LogP contribution in [-0.2, 0) is 4.79 Å². The van der Waals surface area contributed by atoms with Crippen molar-refractivity contribution in [2.75, 3.05) is 12.0 Å². The molecular weight excluding hydrogens is 264 g/mol. The van der Waals surface area contributed by atoms with Gasteiger partial charge in [-0.1, -0.05) is 19.9 Å². The summed E-state index contributed by atoms with van der Waals surface area (Å²) in [4.78, 5) is 13.2. The molecule has 3 N–H and O–H groups in total. The molecule has 1 aromatic heterocycles. The van der Waals surface area contributed by atoms with Gasteiger partial charge in [0.15, 0.2) is 0 Å². The average molecular weight is 286 g/mol. The van der Waals surface area contributed by atoms with Gasteiger partial charge in [-0.15, -0.1) is 11.3 Å². The number of nitrogens with one attached hydrogen (secondary N) is 1. The quantitative estimate of drug-likeness (QED) is 0.810. The van der Waals surface area contributed by atoms with Crippen LogP contribution in [0.5, 0.6) is 0 Å². The van der Waals surface area contributed by atoms with E-state index in [4.69, 9.17) is 5.73 Å². The summed E-state index contributed by atoms with van der Waals surface area (Å²) in [5.41, 5.74) is 5.88. The molecule has 0 aliphatic rings. The molecule has 0 aromatic carbocycles. The SMILES string of the molecule is CSCC[C@H](N)C(=O)NC(c1cccs1)C(C)C. The van der Waals surface area contributed by atoms with E-state index in [-0.39, 0.29) is 11.9 Å². The molecule has 0 fully saturated rings. The molecular formula is C13H22N2OS2. The largest absolute Gasteiger partial charge is 0.347 e. The van der Waals surface area contributed by atoms with Crippen molar-refractivity contribution in [2.24, 2.45) is 11.7 Å². The highest BCUT2D eigenvalue weighted by molar-refractivity contribution is 7.98. The Morgan fingerprint density at radius 3 is 2.78 bits per heavy atom. The Morgan fingerprint density at radius 2 is 2.28 bits per heavy atom. The minimum absolute atomic E-state index is 0.0452. The zero-order valence-corrected chi connectivity index (χ0v) is 12.8. The van der Waals surface area contributed by atoms with Gasteiger partial charge in [0, 0.05) is 4.88 Å². The maximum Gasteiger partial charge on any atom is 0.237 e. The first-order chi connectivity index (χ1) is 8.56. The summed E-state index contributed by atoms with van der Waals surface area (Å²) in [7, 11) is 0. The highest BCUT2D eigenvalue weighted by atomic mass is 32.2. The first-order valence-corrected chi connectivity index (χ1v) is 8.42. The van der Waals surface area contributed by atoms with Crippen LogP contribution in [0.25, 0.3) is 0 Å². The maximum absolute atomic E-state index is 12.0. The molecule has 1 rings (SSSR count). The highest BCUT2D eigenvalue weighted by Gasteiger charge is 2.22. The van der Waals surface area contributed by atoms with Crippen LogP contribution in [0.2, 0.25) is 0 Å². The summed E-state index contributed by atoms with van der Waals surface area (Å²) >= 11 is 3.38. The van der Waals surface area contributed by atoms with Crippen LogP contribution in [0.3, 0.4) is 0 Å². The first kappa shape index (κ1) is 15.5. The molecule has 0 aliphatic heterocycles. The number of carbonyl (C=O) groups is 1. The van der Waals surface area contributed by atoms with Gasteiger partial charge in [0.1, 0.15) is 0 Å². The summed E-state index contributed by atoms with van der Waals surface area (Å²) in [6.45, 7) is 4.22. The molecule has 0 saturated heterocycles. The van der Waals surface area contributed by atoms with E-state index in [1.54, 1.807) is 23.1 Å². The Kier molecular flexibility index (Phi) is 6.75. The van der Waals surface area contributed by atoms with Gasteiger partial charge in [-0.3, -0.25) is 4.79 Å². The van der Waals surface area contributed by atoms with E-state index in [2.05, 4.69) is 25.2 Å². The lowest BCUT2D eigenvalue weighted by Gasteiger charge is -2.23. The average Bonchev–Trinajstić information content (AvgIpc) is 2.85. The van der Waals surface area contributed by atoms with Crippen molar-refractivity contribution in [2.45, 2.75) is 32.4 Å². The fourth-order valence-corrected chi connectivity index (χ4v) is 3.11. The minimum Gasteiger partial charge on any atom is -0.347 e. The van der Waals surface area contributed by atoms with Gasteiger partial charge in [0.25, 0.3) is 0 Å². The predicted molar refractivity (Wildman–Crippen MR) is 81.0 cm³/mol. The normalized spacial score (nSPS) is 14.5. The van der Waals surface area contributed by atoms with Crippen molar-refractivity contribution >= 4 is 29.0 Å². The minimum atomic E-state index is -0.404. The van der Waals surface area contributed by atoms with E-state index >= 15 is 0 Å². The summed E-state index contributed by atoms with van der Waals surface area (Å²) in [6.07, 6.45) is 2.75. The van der Waals surface area contributed by atoms with Crippen molar-refractivity contribution in [3.05, 3.63) is 22.4 Å². The van der Waals surface area contributed by atoms with E-state index in [1.165, 1.54) is 4.88 Å². The van der Waals surface area contributed by atoms with Crippen LogP contribution in [0.15, 0.2) is 17.5 Å². The van der Waals surface area contributed by atoms with Crippen molar-refractivity contribution in [3.8, 4) is 0 Å². The van der Waals surface area contributed by atoms with Gasteiger partial charge in [0.2, 0.25) is 5.91 Å². The fraction of sp³-hybridized carbons (Fsp3) is 0.615. The van der Waals surface area contributed by atoms with Gasteiger partial charge in [-0.2, -0.15) is 11.8 Å². The number of hydrogen-bond donors (Lipinski definition) is 2. The van der Waals surface area contributed by atoms with Crippen LogP contribution in [0, 0.1) is 5.92 Å². The molecule has 3 nitrogen and oxygen atoms in total. The number of hydrogen-bond acceptors (Lipinski definition) is 4. The number of rotatable bonds is 7. The molecule has 1 amide bonds. The second-order valence-corrected chi connectivity index (χ2v) is 6.60. The van der Waals surface area contributed by atoms with Crippen LogP contribution < -0.4 is 11.1 Å². The van der Waals surface area contributed by atoms with E-state index in [1.807, 2.05) is 17.7 Å². The van der Waals surface area contributed by atoms with E-state index in [0.29, 0.717) is 5.92 Å². The number of carbonyl (C=O) groups excluding carboxylic acids is 1. The summed E-state index contributed by atoms with van der Waals surface area (Å²) in [6, 6.07) is 3.73. The highest BCUT2D eigenvalue weighted by Crippen LogP contribution is 2.25. The molecule has 1 aromatic rings. The lowest BCUT2D eigenvalue weighted by molar-refractivity contribution is -0.123. The van der Waals surface area contributed by atoms with Gasteiger partial charge in [-0.05, 0) is 35.8 Å². The van der Waals surface area contributed by atoms with Crippen molar-refractivity contribution in [1.29, 1.82) is 0 Å². The molecule has 2 atom stereocenters. The molecule has 0 aliphatic carbocycles. The molecule has 1 unspecified atom stereocenters. The predicted octanol–water partition coefficient (Wildman–Crippen LogP) is 2.64. The van der Waals surface area contributed by atoms with Crippen molar-refractivity contribution in [3.63, 3.8) is 0 Å². The Balaban J connectivity index is 2.59. The smallest absolute Gasteiger partial charge is 0.237 e. The summed E-state index contributed by atoms with van der Waals surface area (Å²) in [5.74, 6) is 1.23. The number of thioether (sulfide) groups is 1. The molecule has 0 bridgehead atoms. The third-order valence-corrected chi connectivity index (χ3v) is 4.38. The van der Waals surface area contributed by atoms with Gasteiger partial charge in [-0.25, -0.2) is 0 Å². The number of thiophene rings is 1. The Bertz CT molecular complexity index is 352. The molecule has 5 heteroatoms. The lowest BCUT2D eigenvalue weighted by Crippen LogP contribution is -2.43. The van der Waals surface area contributed by atoms with E-state index < -0.39 is 6.04 Å². The second-order valence-electron chi connectivity index (χ2n) is 4.63. The lowest BCUT2D eigenvalue weighted by atomic mass is 10.0. The molecule has 18 heavy (non-hydrogen) atoms. The third kappa shape index (κ3) is 4.63. The number of amides is 1. The van der Waals surface area contributed by atoms with Crippen LogP contribution in [0.4, 0.5) is 0 Å². The van der Waals surface area contributed by atoms with Crippen LogP contribution >= 0.6 is 23.1 Å². The summed E-state index contributed by atoms with van der Waals surface area (Å²) < 4.78 is 0. The van der Waals surface area contributed by atoms with Crippen molar-refractivity contribution in [1.82, 2.24) is 5.32 Å². The Morgan fingerprint density at radius 1 is 1.56 bits per heavy atom. The maximum atomic E-state index is 12.0. The van der Waals surface area contributed by atoms with Gasteiger partial charge >= 0.3 is 0 Å². The van der Waals surface area contributed by atoms with Crippen LogP contribution in [0.1, 0.15) is 31.2 Å². The van der Waals surface area contributed by atoms with Crippen LogP contribution in [-0.4, -0.2) is 24.0 Å². The van der Waals surface area contributed by atoms with E-state index in [9.17, 15) is 4.79 Å². The first-order valence-electron chi connectivity index (χ1n) is 6.14. The molecule has 0 saturated carbocycles. The number of nitrogens with two attached hydrogens (primary N) is 1. The Hall–Kier alpha value is -0.520.